The highest BCUT2D eigenvalue weighted by Gasteiger charge is 2.38. The number of nitrogens with zero attached hydrogens (tertiary/aromatic N) is 2. The van der Waals surface area contributed by atoms with E-state index in [1.54, 1.807) is 19.2 Å². The fourth-order valence-electron chi connectivity index (χ4n) is 3.00. The number of furan rings is 1. The molecule has 26 heavy (non-hydrogen) atoms. The van der Waals surface area contributed by atoms with E-state index in [0.29, 0.717) is 5.76 Å². The van der Waals surface area contributed by atoms with Crippen LogP contribution in [-0.2, 0) is 22.3 Å². The van der Waals surface area contributed by atoms with Gasteiger partial charge >= 0.3 is 6.18 Å². The van der Waals surface area contributed by atoms with E-state index < -0.39 is 17.7 Å². The molecule has 1 aromatic carbocycles. The zero-order chi connectivity index (χ0) is 18.9. The molecule has 2 heterocycles. The molecule has 0 saturated carbocycles. The molecule has 1 saturated heterocycles. The average Bonchev–Trinajstić information content (AvgIpc) is 3.23. The van der Waals surface area contributed by atoms with E-state index in [-0.39, 0.29) is 37.0 Å². The van der Waals surface area contributed by atoms with Crippen molar-refractivity contribution in [1.29, 1.82) is 0 Å². The Kier molecular flexibility index (Phi) is 4.76. The fourth-order valence-corrected chi connectivity index (χ4v) is 3.00. The lowest BCUT2D eigenvalue weighted by atomic mass is 10.1. The van der Waals surface area contributed by atoms with Crippen LogP contribution in [0.2, 0.25) is 0 Å². The molecule has 1 aliphatic heterocycles. The summed E-state index contributed by atoms with van der Waals surface area (Å²) in [5.74, 6) is -0.602. The molecule has 0 aliphatic carbocycles. The summed E-state index contributed by atoms with van der Waals surface area (Å²) in [6.45, 7) is 0.321. The van der Waals surface area contributed by atoms with Crippen LogP contribution in [-0.4, -0.2) is 30.3 Å². The van der Waals surface area contributed by atoms with Crippen LogP contribution >= 0.6 is 0 Å². The molecule has 138 valence electrons. The monoisotopic (exact) mass is 366 g/mol. The molecular formula is C18H17F3N2O3. The molecule has 8 heteroatoms. The first kappa shape index (κ1) is 18.0. The van der Waals surface area contributed by atoms with Crippen molar-refractivity contribution in [2.75, 3.05) is 18.5 Å². The van der Waals surface area contributed by atoms with Gasteiger partial charge in [0.25, 0.3) is 0 Å². The van der Waals surface area contributed by atoms with Crippen molar-refractivity contribution in [3.05, 3.63) is 54.0 Å². The molecule has 0 spiro atoms. The molecule has 0 N–H and O–H groups in total. The first-order chi connectivity index (χ1) is 12.3. The Bertz CT molecular complexity index is 802. The van der Waals surface area contributed by atoms with Gasteiger partial charge in [0.2, 0.25) is 11.8 Å². The number of carbonyl (C=O) groups is 2. The fraction of sp³-hybridized carbons (Fsp3) is 0.333. The van der Waals surface area contributed by atoms with Crippen LogP contribution in [0.4, 0.5) is 18.9 Å². The Hall–Kier alpha value is -2.77. The van der Waals surface area contributed by atoms with Gasteiger partial charge in [-0.2, -0.15) is 13.2 Å². The minimum absolute atomic E-state index is 0.0302. The van der Waals surface area contributed by atoms with Crippen molar-refractivity contribution in [2.45, 2.75) is 19.1 Å². The Balaban J connectivity index is 1.71. The summed E-state index contributed by atoms with van der Waals surface area (Å²) >= 11 is 0. The topological polar surface area (TPSA) is 53.8 Å². The van der Waals surface area contributed by atoms with Crippen molar-refractivity contribution >= 4 is 17.5 Å². The molecule has 0 unspecified atom stereocenters. The van der Waals surface area contributed by atoms with Gasteiger partial charge in [0.1, 0.15) is 5.76 Å². The van der Waals surface area contributed by atoms with Crippen molar-refractivity contribution in [3.63, 3.8) is 0 Å². The van der Waals surface area contributed by atoms with Gasteiger partial charge in [0.05, 0.1) is 24.3 Å². The maximum absolute atomic E-state index is 12.9. The van der Waals surface area contributed by atoms with Gasteiger partial charge in [0.15, 0.2) is 0 Å². The van der Waals surface area contributed by atoms with Crippen molar-refractivity contribution in [2.24, 2.45) is 5.92 Å². The molecule has 1 fully saturated rings. The third kappa shape index (κ3) is 3.74. The van der Waals surface area contributed by atoms with E-state index in [9.17, 15) is 22.8 Å². The first-order valence-corrected chi connectivity index (χ1v) is 8.00. The summed E-state index contributed by atoms with van der Waals surface area (Å²) < 4.78 is 43.8. The number of rotatable bonds is 4. The molecule has 2 aromatic rings. The summed E-state index contributed by atoms with van der Waals surface area (Å²) in [5, 5.41) is 0. The van der Waals surface area contributed by atoms with Gasteiger partial charge in [-0.1, -0.05) is 6.07 Å². The summed E-state index contributed by atoms with van der Waals surface area (Å²) in [4.78, 5) is 27.5. The average molecular weight is 366 g/mol. The third-order valence-corrected chi connectivity index (χ3v) is 4.31. The summed E-state index contributed by atoms with van der Waals surface area (Å²) in [5.41, 5.74) is -0.679. The van der Waals surface area contributed by atoms with E-state index in [0.717, 1.165) is 12.1 Å². The Morgan fingerprint density at radius 3 is 2.73 bits per heavy atom. The molecule has 5 nitrogen and oxygen atoms in total. The number of alkyl halides is 3. The van der Waals surface area contributed by atoms with Crippen molar-refractivity contribution in [3.8, 4) is 0 Å². The standard InChI is InChI=1S/C18H17F3N2O3/c1-22(11-15-6-3-7-26-15)17(25)12-8-16(24)23(10-12)14-5-2-4-13(9-14)18(19,20)21/h2-7,9,12H,8,10-11H2,1H3/t12-/m0/s1. The zero-order valence-corrected chi connectivity index (χ0v) is 14.0. The normalized spacial score (nSPS) is 17.6. The molecule has 0 radical (unpaired) electrons. The predicted molar refractivity (Wildman–Crippen MR) is 87.1 cm³/mol. The van der Waals surface area contributed by atoms with Gasteiger partial charge in [-0.25, -0.2) is 0 Å². The summed E-state index contributed by atoms with van der Waals surface area (Å²) in [7, 11) is 1.60. The predicted octanol–water partition coefficient (Wildman–Crippen LogP) is 3.31. The van der Waals surface area contributed by atoms with E-state index >= 15 is 0 Å². The summed E-state index contributed by atoms with van der Waals surface area (Å²) in [6.07, 6.45) is -3.02. The van der Waals surface area contributed by atoms with Crippen LogP contribution in [0.5, 0.6) is 0 Å². The van der Waals surface area contributed by atoms with E-state index in [1.165, 1.54) is 28.2 Å². The van der Waals surface area contributed by atoms with Gasteiger partial charge in [-0.3, -0.25) is 9.59 Å². The highest BCUT2D eigenvalue weighted by atomic mass is 19.4. The molecule has 1 aromatic heterocycles. The number of hydrogen-bond acceptors (Lipinski definition) is 3. The Labute approximate surface area is 148 Å². The second-order valence-corrected chi connectivity index (χ2v) is 6.23. The lowest BCUT2D eigenvalue weighted by molar-refractivity contribution is -0.137. The van der Waals surface area contributed by atoms with Crippen LogP contribution in [0.3, 0.4) is 0 Å². The molecule has 0 bridgehead atoms. The molecule has 1 atom stereocenters. The number of benzene rings is 1. The first-order valence-electron chi connectivity index (χ1n) is 8.00. The van der Waals surface area contributed by atoms with Gasteiger partial charge in [0, 0.05) is 25.7 Å². The van der Waals surface area contributed by atoms with Crippen LogP contribution in [0.15, 0.2) is 47.1 Å². The van der Waals surface area contributed by atoms with Gasteiger partial charge in [-0.15, -0.1) is 0 Å². The lowest BCUT2D eigenvalue weighted by Crippen LogP contribution is -2.34. The zero-order valence-electron chi connectivity index (χ0n) is 14.0. The number of halogens is 3. The quantitative estimate of drug-likeness (QED) is 0.834. The Morgan fingerprint density at radius 2 is 2.08 bits per heavy atom. The largest absolute Gasteiger partial charge is 0.467 e. The SMILES string of the molecule is CN(Cc1ccco1)C(=O)[C@H]1CC(=O)N(c2cccc(C(F)(F)F)c2)C1. The second kappa shape index (κ2) is 6.86. The number of amides is 2. The molecule has 2 amide bonds. The van der Waals surface area contributed by atoms with E-state index in [4.69, 9.17) is 4.42 Å². The minimum atomic E-state index is -4.49. The van der Waals surface area contributed by atoms with Gasteiger partial charge in [-0.05, 0) is 30.3 Å². The number of hydrogen-bond donors (Lipinski definition) is 0. The van der Waals surface area contributed by atoms with E-state index in [2.05, 4.69) is 0 Å². The maximum atomic E-state index is 12.9. The number of carbonyl (C=O) groups excluding carboxylic acids is 2. The van der Waals surface area contributed by atoms with Crippen LogP contribution in [0, 0.1) is 5.92 Å². The lowest BCUT2D eigenvalue weighted by Gasteiger charge is -2.21. The highest BCUT2D eigenvalue weighted by molar-refractivity contribution is 6.00. The minimum Gasteiger partial charge on any atom is -0.467 e. The van der Waals surface area contributed by atoms with Crippen molar-refractivity contribution < 1.29 is 27.2 Å². The molecule has 1 aliphatic rings. The van der Waals surface area contributed by atoms with Crippen LogP contribution < -0.4 is 4.90 Å². The molecule has 3 rings (SSSR count). The highest BCUT2D eigenvalue weighted by Crippen LogP contribution is 2.33. The van der Waals surface area contributed by atoms with Gasteiger partial charge < -0.3 is 14.2 Å². The Morgan fingerprint density at radius 1 is 1.31 bits per heavy atom. The molecular weight excluding hydrogens is 349 g/mol. The number of anilines is 1. The van der Waals surface area contributed by atoms with Crippen LogP contribution in [0.1, 0.15) is 17.7 Å². The second-order valence-electron chi connectivity index (χ2n) is 6.23. The van der Waals surface area contributed by atoms with E-state index in [1.807, 2.05) is 0 Å². The smallest absolute Gasteiger partial charge is 0.416 e. The van der Waals surface area contributed by atoms with Crippen LogP contribution in [0.25, 0.3) is 0 Å². The van der Waals surface area contributed by atoms with Crippen molar-refractivity contribution in [1.82, 2.24) is 4.90 Å². The summed E-state index contributed by atoms with van der Waals surface area (Å²) in [6, 6.07) is 8.01. The maximum Gasteiger partial charge on any atom is 0.416 e. The third-order valence-electron chi connectivity index (χ3n) is 4.31.